The van der Waals surface area contributed by atoms with Crippen LogP contribution in [0.1, 0.15) is 11.1 Å². The van der Waals surface area contributed by atoms with Crippen LogP contribution in [0.25, 0.3) is 0 Å². The smallest absolute Gasteiger partial charge is 0.128 e. The van der Waals surface area contributed by atoms with Gasteiger partial charge in [-0.2, -0.15) is 5.26 Å². The fourth-order valence-corrected chi connectivity index (χ4v) is 2.08. The Morgan fingerprint density at radius 1 is 1.16 bits per heavy atom. The van der Waals surface area contributed by atoms with E-state index in [9.17, 15) is 4.39 Å². The predicted molar refractivity (Wildman–Crippen MR) is 74.9 cm³/mol. The van der Waals surface area contributed by atoms with Crippen molar-refractivity contribution >= 4 is 28.9 Å². The second kappa shape index (κ2) is 5.92. The minimum Gasteiger partial charge on any atom is -0.380 e. The van der Waals surface area contributed by atoms with Gasteiger partial charge >= 0.3 is 0 Å². The van der Waals surface area contributed by atoms with Gasteiger partial charge in [-0.25, -0.2) is 4.39 Å². The van der Waals surface area contributed by atoms with Crippen molar-refractivity contribution in [2.24, 2.45) is 0 Å². The SMILES string of the molecule is N#Cc1ccc(F)c(CNc2ccc(Cl)cc2Cl)c1. The molecule has 0 amide bonds. The minimum absolute atomic E-state index is 0.239. The molecule has 0 saturated heterocycles. The third-order valence-corrected chi connectivity index (χ3v) is 3.12. The molecule has 2 rings (SSSR count). The largest absolute Gasteiger partial charge is 0.380 e. The molecule has 0 atom stereocenters. The predicted octanol–water partition coefficient (Wildman–Crippen LogP) is 4.62. The average molecular weight is 295 g/mol. The molecule has 0 saturated carbocycles. The van der Waals surface area contributed by atoms with Gasteiger partial charge in [0.1, 0.15) is 5.82 Å². The van der Waals surface area contributed by atoms with Gasteiger partial charge in [0.15, 0.2) is 0 Å². The van der Waals surface area contributed by atoms with Gasteiger partial charge in [-0.3, -0.25) is 0 Å². The van der Waals surface area contributed by atoms with Crippen LogP contribution in [0, 0.1) is 17.1 Å². The third-order valence-electron chi connectivity index (χ3n) is 2.58. The van der Waals surface area contributed by atoms with Gasteiger partial charge in [0.05, 0.1) is 22.3 Å². The lowest BCUT2D eigenvalue weighted by Crippen LogP contribution is -2.02. The first-order valence-corrected chi connectivity index (χ1v) is 6.23. The second-order valence-electron chi connectivity index (χ2n) is 3.90. The fraction of sp³-hybridized carbons (Fsp3) is 0.0714. The molecule has 19 heavy (non-hydrogen) atoms. The monoisotopic (exact) mass is 294 g/mol. The van der Waals surface area contributed by atoms with E-state index >= 15 is 0 Å². The van der Waals surface area contributed by atoms with Crippen LogP contribution in [0.4, 0.5) is 10.1 Å². The Balaban J connectivity index is 2.16. The van der Waals surface area contributed by atoms with Crippen LogP contribution >= 0.6 is 23.2 Å². The quantitative estimate of drug-likeness (QED) is 0.897. The molecule has 0 bridgehead atoms. The van der Waals surface area contributed by atoms with Crippen LogP contribution in [0.3, 0.4) is 0 Å². The Labute approximate surface area is 120 Å². The van der Waals surface area contributed by atoms with Crippen molar-refractivity contribution < 1.29 is 4.39 Å². The maximum atomic E-state index is 13.6. The van der Waals surface area contributed by atoms with Crippen molar-refractivity contribution in [2.45, 2.75) is 6.54 Å². The normalized spacial score (nSPS) is 10.0. The summed E-state index contributed by atoms with van der Waals surface area (Å²) in [4.78, 5) is 0. The van der Waals surface area contributed by atoms with Gasteiger partial charge in [-0.15, -0.1) is 0 Å². The number of nitrogens with zero attached hydrogens (tertiary/aromatic N) is 1. The molecule has 5 heteroatoms. The van der Waals surface area contributed by atoms with Crippen LogP contribution in [0.15, 0.2) is 36.4 Å². The molecule has 2 aromatic carbocycles. The first kappa shape index (κ1) is 13.7. The van der Waals surface area contributed by atoms with Crippen LogP contribution in [-0.2, 0) is 6.54 Å². The van der Waals surface area contributed by atoms with E-state index < -0.39 is 0 Å². The zero-order chi connectivity index (χ0) is 13.8. The highest BCUT2D eigenvalue weighted by atomic mass is 35.5. The molecule has 2 aromatic rings. The van der Waals surface area contributed by atoms with E-state index in [0.29, 0.717) is 26.9 Å². The van der Waals surface area contributed by atoms with E-state index in [1.165, 1.54) is 18.2 Å². The maximum absolute atomic E-state index is 13.6. The van der Waals surface area contributed by atoms with E-state index in [4.69, 9.17) is 28.5 Å². The van der Waals surface area contributed by atoms with E-state index in [-0.39, 0.29) is 12.4 Å². The van der Waals surface area contributed by atoms with Crippen molar-refractivity contribution in [3.8, 4) is 6.07 Å². The first-order chi connectivity index (χ1) is 9.10. The maximum Gasteiger partial charge on any atom is 0.128 e. The number of hydrogen-bond donors (Lipinski definition) is 1. The first-order valence-electron chi connectivity index (χ1n) is 5.47. The summed E-state index contributed by atoms with van der Waals surface area (Å²) >= 11 is 11.8. The molecule has 0 aromatic heterocycles. The highest BCUT2D eigenvalue weighted by molar-refractivity contribution is 6.36. The Morgan fingerprint density at radius 2 is 1.95 bits per heavy atom. The van der Waals surface area contributed by atoms with Gasteiger partial charge in [-0.05, 0) is 36.4 Å². The van der Waals surface area contributed by atoms with Crippen LogP contribution in [0.2, 0.25) is 10.0 Å². The number of nitriles is 1. The van der Waals surface area contributed by atoms with Gasteiger partial charge in [0.2, 0.25) is 0 Å². The van der Waals surface area contributed by atoms with E-state index in [1.807, 2.05) is 6.07 Å². The summed E-state index contributed by atoms with van der Waals surface area (Å²) in [6, 6.07) is 11.2. The summed E-state index contributed by atoms with van der Waals surface area (Å²) in [5, 5.41) is 12.8. The molecule has 0 aliphatic rings. The number of nitrogens with one attached hydrogen (secondary N) is 1. The highest BCUT2D eigenvalue weighted by Gasteiger charge is 2.05. The summed E-state index contributed by atoms with van der Waals surface area (Å²) < 4.78 is 13.6. The lowest BCUT2D eigenvalue weighted by Gasteiger charge is -2.09. The number of benzene rings is 2. The van der Waals surface area contributed by atoms with Crippen LogP contribution < -0.4 is 5.32 Å². The summed E-state index contributed by atoms with van der Waals surface area (Å²) in [5.41, 5.74) is 1.48. The number of anilines is 1. The molecule has 0 aliphatic carbocycles. The zero-order valence-corrected chi connectivity index (χ0v) is 11.3. The summed E-state index contributed by atoms with van der Waals surface area (Å²) in [6.45, 7) is 0.239. The van der Waals surface area contributed by atoms with Crippen LogP contribution in [0.5, 0.6) is 0 Å². The fourth-order valence-electron chi connectivity index (χ4n) is 1.60. The van der Waals surface area contributed by atoms with Crippen molar-refractivity contribution in [3.05, 3.63) is 63.4 Å². The summed E-state index contributed by atoms with van der Waals surface area (Å²) in [6.07, 6.45) is 0. The van der Waals surface area contributed by atoms with E-state index in [0.717, 1.165) is 0 Å². The van der Waals surface area contributed by atoms with Gasteiger partial charge < -0.3 is 5.32 Å². The molecule has 0 radical (unpaired) electrons. The van der Waals surface area contributed by atoms with Gasteiger partial charge in [0.25, 0.3) is 0 Å². The van der Waals surface area contributed by atoms with Crippen molar-refractivity contribution in [1.82, 2.24) is 0 Å². The average Bonchev–Trinajstić information content (AvgIpc) is 2.39. The molecule has 0 spiro atoms. The molecule has 0 aliphatic heterocycles. The summed E-state index contributed by atoms with van der Waals surface area (Å²) in [5.74, 6) is -0.364. The molecular weight excluding hydrogens is 286 g/mol. The van der Waals surface area contributed by atoms with E-state index in [2.05, 4.69) is 5.32 Å². The second-order valence-corrected chi connectivity index (χ2v) is 4.74. The van der Waals surface area contributed by atoms with Crippen LogP contribution in [-0.4, -0.2) is 0 Å². The molecule has 0 fully saturated rings. The highest BCUT2D eigenvalue weighted by Crippen LogP contribution is 2.26. The van der Waals surface area contributed by atoms with Crippen molar-refractivity contribution in [2.75, 3.05) is 5.32 Å². The molecule has 0 heterocycles. The zero-order valence-electron chi connectivity index (χ0n) is 9.75. The number of hydrogen-bond acceptors (Lipinski definition) is 2. The number of rotatable bonds is 3. The summed E-state index contributed by atoms with van der Waals surface area (Å²) in [7, 11) is 0. The van der Waals surface area contributed by atoms with Crippen molar-refractivity contribution in [1.29, 1.82) is 5.26 Å². The Kier molecular flexibility index (Phi) is 4.26. The topological polar surface area (TPSA) is 35.8 Å². The Bertz CT molecular complexity index is 650. The van der Waals surface area contributed by atoms with E-state index in [1.54, 1.807) is 18.2 Å². The third kappa shape index (κ3) is 3.37. The van der Waals surface area contributed by atoms with Gasteiger partial charge in [-0.1, -0.05) is 23.2 Å². The van der Waals surface area contributed by atoms with Gasteiger partial charge in [0, 0.05) is 17.1 Å². The lowest BCUT2D eigenvalue weighted by molar-refractivity contribution is 0.612. The molecule has 0 unspecified atom stereocenters. The Morgan fingerprint density at radius 3 is 2.63 bits per heavy atom. The lowest BCUT2D eigenvalue weighted by atomic mass is 10.1. The molecule has 1 N–H and O–H groups in total. The molecule has 96 valence electrons. The minimum atomic E-state index is -0.364. The van der Waals surface area contributed by atoms with Crippen molar-refractivity contribution in [3.63, 3.8) is 0 Å². The molecule has 2 nitrogen and oxygen atoms in total. The standard InChI is InChI=1S/C14H9Cl2FN2/c15-11-2-4-14(12(16)6-11)19-8-10-5-9(7-18)1-3-13(10)17/h1-6,19H,8H2. The molecular formula is C14H9Cl2FN2. The number of halogens is 3. The Hall–Kier alpha value is -1.76.